The molecule has 0 bridgehead atoms. The van der Waals surface area contributed by atoms with Crippen molar-refractivity contribution in [2.24, 2.45) is 0 Å². The Morgan fingerprint density at radius 1 is 1.38 bits per heavy atom. The first-order valence-electron chi connectivity index (χ1n) is 7.21. The summed E-state index contributed by atoms with van der Waals surface area (Å²) < 4.78 is 0. The van der Waals surface area contributed by atoms with E-state index in [9.17, 15) is 15.2 Å². The zero-order valence-corrected chi connectivity index (χ0v) is 12.5. The number of anilines is 1. The van der Waals surface area contributed by atoms with Crippen molar-refractivity contribution < 1.29 is 9.90 Å². The molecule has 0 radical (unpaired) electrons. The molecule has 1 aliphatic rings. The first-order chi connectivity index (χ1) is 10.0. The summed E-state index contributed by atoms with van der Waals surface area (Å²) >= 11 is 0. The third-order valence-corrected chi connectivity index (χ3v) is 3.76. The summed E-state index contributed by atoms with van der Waals surface area (Å²) in [6, 6.07) is 7.43. The van der Waals surface area contributed by atoms with Crippen LogP contribution in [0.1, 0.15) is 29.8 Å². The van der Waals surface area contributed by atoms with Crippen molar-refractivity contribution in [1.82, 2.24) is 4.90 Å². The standard InChI is InChI=1S/C16H21N3O2/c1-12(20)11-18-5-7-19(8-6-18)16-9-14(13(2)21)3-4-15(16)10-17/h3-4,9,12,20H,5-8,11H2,1-2H3/t12-/m1/s1. The first-order valence-corrected chi connectivity index (χ1v) is 7.21. The third kappa shape index (κ3) is 3.81. The Bertz CT molecular complexity index is 555. The fourth-order valence-electron chi connectivity index (χ4n) is 2.65. The molecule has 1 fully saturated rings. The lowest BCUT2D eigenvalue weighted by Crippen LogP contribution is -2.48. The first kappa shape index (κ1) is 15.5. The normalized spacial score (nSPS) is 17.3. The minimum absolute atomic E-state index is 0.00785. The highest BCUT2D eigenvalue weighted by molar-refractivity contribution is 5.95. The number of piperazine rings is 1. The molecule has 0 aromatic heterocycles. The van der Waals surface area contributed by atoms with Crippen molar-refractivity contribution in [1.29, 1.82) is 5.26 Å². The van der Waals surface area contributed by atoms with Crippen LogP contribution in [0.25, 0.3) is 0 Å². The van der Waals surface area contributed by atoms with Gasteiger partial charge in [-0.3, -0.25) is 9.69 Å². The molecule has 21 heavy (non-hydrogen) atoms. The summed E-state index contributed by atoms with van der Waals surface area (Å²) in [5, 5.41) is 18.7. The monoisotopic (exact) mass is 287 g/mol. The van der Waals surface area contributed by atoms with E-state index in [0.29, 0.717) is 17.7 Å². The number of carbonyl (C=O) groups is 1. The Balaban J connectivity index is 2.14. The van der Waals surface area contributed by atoms with E-state index in [1.165, 1.54) is 6.92 Å². The van der Waals surface area contributed by atoms with Gasteiger partial charge in [-0.15, -0.1) is 0 Å². The summed E-state index contributed by atoms with van der Waals surface area (Å²) in [6.45, 7) is 7.28. The second kappa shape index (κ2) is 6.70. The maximum absolute atomic E-state index is 11.5. The SMILES string of the molecule is CC(=O)c1ccc(C#N)c(N2CCN(C[C@@H](C)O)CC2)c1. The summed E-state index contributed by atoms with van der Waals surface area (Å²) in [7, 11) is 0. The van der Waals surface area contributed by atoms with E-state index in [1.807, 2.05) is 6.07 Å². The van der Waals surface area contributed by atoms with Gasteiger partial charge in [-0.05, 0) is 32.0 Å². The molecule has 0 saturated carbocycles. The molecular formula is C16H21N3O2. The number of nitriles is 1. The minimum Gasteiger partial charge on any atom is -0.392 e. The minimum atomic E-state index is -0.327. The van der Waals surface area contributed by atoms with Crippen molar-refractivity contribution >= 4 is 11.5 Å². The molecule has 5 heteroatoms. The number of benzene rings is 1. The van der Waals surface area contributed by atoms with Gasteiger partial charge in [0.15, 0.2) is 5.78 Å². The molecule has 2 rings (SSSR count). The Labute approximate surface area is 125 Å². The van der Waals surface area contributed by atoms with Crippen LogP contribution in [-0.2, 0) is 0 Å². The zero-order valence-electron chi connectivity index (χ0n) is 12.5. The van der Waals surface area contributed by atoms with Gasteiger partial charge in [-0.25, -0.2) is 0 Å². The van der Waals surface area contributed by atoms with Crippen LogP contribution in [-0.4, -0.2) is 54.6 Å². The highest BCUT2D eigenvalue weighted by Crippen LogP contribution is 2.23. The number of hydrogen-bond acceptors (Lipinski definition) is 5. The van der Waals surface area contributed by atoms with Gasteiger partial charge in [-0.1, -0.05) is 0 Å². The van der Waals surface area contributed by atoms with Gasteiger partial charge in [0.2, 0.25) is 0 Å². The fraction of sp³-hybridized carbons (Fsp3) is 0.500. The average molecular weight is 287 g/mol. The molecule has 1 aromatic carbocycles. The van der Waals surface area contributed by atoms with Crippen LogP contribution in [0.3, 0.4) is 0 Å². The van der Waals surface area contributed by atoms with Gasteiger partial charge in [-0.2, -0.15) is 5.26 Å². The summed E-state index contributed by atoms with van der Waals surface area (Å²) in [4.78, 5) is 15.9. The van der Waals surface area contributed by atoms with Gasteiger partial charge in [0, 0.05) is 38.3 Å². The van der Waals surface area contributed by atoms with Gasteiger partial charge < -0.3 is 10.0 Å². The van der Waals surface area contributed by atoms with Gasteiger partial charge >= 0.3 is 0 Å². The van der Waals surface area contributed by atoms with Crippen LogP contribution in [0.4, 0.5) is 5.69 Å². The van der Waals surface area contributed by atoms with E-state index in [4.69, 9.17) is 0 Å². The summed E-state index contributed by atoms with van der Waals surface area (Å²) in [5.74, 6) is 0.00785. The van der Waals surface area contributed by atoms with Crippen LogP contribution in [0.5, 0.6) is 0 Å². The summed E-state index contributed by atoms with van der Waals surface area (Å²) in [6.07, 6.45) is -0.327. The Kier molecular flexibility index (Phi) is 4.94. The van der Waals surface area contributed by atoms with Crippen molar-refractivity contribution in [2.45, 2.75) is 20.0 Å². The average Bonchev–Trinajstić information content (AvgIpc) is 2.46. The van der Waals surface area contributed by atoms with Crippen LogP contribution in [0.2, 0.25) is 0 Å². The second-order valence-corrected chi connectivity index (χ2v) is 5.54. The molecule has 1 heterocycles. The molecule has 0 spiro atoms. The van der Waals surface area contributed by atoms with E-state index in [0.717, 1.165) is 31.9 Å². The van der Waals surface area contributed by atoms with Crippen molar-refractivity contribution in [3.63, 3.8) is 0 Å². The number of carbonyl (C=O) groups excluding carboxylic acids is 1. The van der Waals surface area contributed by atoms with Crippen molar-refractivity contribution in [3.05, 3.63) is 29.3 Å². The maximum atomic E-state index is 11.5. The lowest BCUT2D eigenvalue weighted by molar-refractivity contribution is 0.101. The molecule has 1 saturated heterocycles. The topological polar surface area (TPSA) is 67.6 Å². The predicted molar refractivity (Wildman–Crippen MR) is 81.5 cm³/mol. The largest absolute Gasteiger partial charge is 0.392 e. The van der Waals surface area contributed by atoms with Gasteiger partial charge in [0.25, 0.3) is 0 Å². The number of β-amino-alcohol motifs (C(OH)–C–C–N with tert-alkyl or cyclic N) is 1. The lowest BCUT2D eigenvalue weighted by Gasteiger charge is -2.37. The molecule has 1 aliphatic heterocycles. The number of aliphatic hydroxyl groups is 1. The van der Waals surface area contributed by atoms with E-state index >= 15 is 0 Å². The number of Topliss-reactive ketones (excluding diaryl/α,β-unsaturated/α-hetero) is 1. The maximum Gasteiger partial charge on any atom is 0.159 e. The van der Waals surface area contributed by atoms with Crippen LogP contribution in [0, 0.1) is 11.3 Å². The van der Waals surface area contributed by atoms with Crippen LogP contribution in [0.15, 0.2) is 18.2 Å². The summed E-state index contributed by atoms with van der Waals surface area (Å²) in [5.41, 5.74) is 2.07. The quantitative estimate of drug-likeness (QED) is 0.845. The van der Waals surface area contributed by atoms with E-state index < -0.39 is 0 Å². The third-order valence-electron chi connectivity index (χ3n) is 3.76. The fourth-order valence-corrected chi connectivity index (χ4v) is 2.65. The van der Waals surface area contributed by atoms with E-state index in [-0.39, 0.29) is 11.9 Å². The molecule has 0 unspecified atom stereocenters. The lowest BCUT2D eigenvalue weighted by atomic mass is 10.1. The van der Waals surface area contributed by atoms with Gasteiger partial charge in [0.05, 0.1) is 17.4 Å². The predicted octanol–water partition coefficient (Wildman–Crippen LogP) is 1.26. The Morgan fingerprint density at radius 3 is 2.57 bits per heavy atom. The zero-order chi connectivity index (χ0) is 15.4. The molecule has 1 aromatic rings. The number of aliphatic hydroxyl groups excluding tert-OH is 1. The molecule has 1 atom stereocenters. The molecule has 112 valence electrons. The van der Waals surface area contributed by atoms with Crippen molar-refractivity contribution in [2.75, 3.05) is 37.6 Å². The Hall–Kier alpha value is -1.90. The van der Waals surface area contributed by atoms with Crippen LogP contribution < -0.4 is 4.90 Å². The second-order valence-electron chi connectivity index (χ2n) is 5.54. The van der Waals surface area contributed by atoms with E-state index in [1.54, 1.807) is 19.1 Å². The number of nitrogens with zero attached hydrogens (tertiary/aromatic N) is 3. The van der Waals surface area contributed by atoms with Gasteiger partial charge in [0.1, 0.15) is 6.07 Å². The number of rotatable bonds is 4. The molecule has 5 nitrogen and oxygen atoms in total. The molecule has 1 N–H and O–H groups in total. The Morgan fingerprint density at radius 2 is 2.05 bits per heavy atom. The highest BCUT2D eigenvalue weighted by Gasteiger charge is 2.20. The molecule has 0 amide bonds. The smallest absolute Gasteiger partial charge is 0.159 e. The number of ketones is 1. The molecule has 0 aliphatic carbocycles. The van der Waals surface area contributed by atoms with Crippen LogP contribution >= 0.6 is 0 Å². The number of hydrogen-bond donors (Lipinski definition) is 1. The van der Waals surface area contributed by atoms with Crippen molar-refractivity contribution in [3.8, 4) is 6.07 Å². The highest BCUT2D eigenvalue weighted by atomic mass is 16.3. The molecular weight excluding hydrogens is 266 g/mol. The van der Waals surface area contributed by atoms with E-state index in [2.05, 4.69) is 15.9 Å².